The fraction of sp³-hybridized carbons (Fsp3) is 0.357. The highest BCUT2D eigenvalue weighted by molar-refractivity contribution is 5.97. The molecule has 0 aliphatic heterocycles. The predicted molar refractivity (Wildman–Crippen MR) is 71.4 cm³/mol. The predicted octanol–water partition coefficient (Wildman–Crippen LogP) is 1.15. The van der Waals surface area contributed by atoms with Gasteiger partial charge in [-0.15, -0.1) is 0 Å². The van der Waals surface area contributed by atoms with E-state index < -0.39 is 6.04 Å². The molecule has 2 amide bonds. The van der Waals surface area contributed by atoms with E-state index in [4.69, 9.17) is 5.26 Å². The maximum Gasteiger partial charge on any atom is 0.251 e. The lowest BCUT2D eigenvalue weighted by Crippen LogP contribution is -2.45. The molecule has 0 bridgehead atoms. The molecule has 19 heavy (non-hydrogen) atoms. The van der Waals surface area contributed by atoms with Crippen molar-refractivity contribution in [2.75, 3.05) is 13.6 Å². The van der Waals surface area contributed by atoms with Crippen molar-refractivity contribution < 1.29 is 9.59 Å². The molecule has 0 aromatic heterocycles. The second-order valence-corrected chi connectivity index (χ2v) is 4.24. The molecule has 0 spiro atoms. The van der Waals surface area contributed by atoms with Crippen molar-refractivity contribution in [1.29, 1.82) is 5.26 Å². The van der Waals surface area contributed by atoms with Crippen LogP contribution in [-0.2, 0) is 4.79 Å². The molecule has 0 heterocycles. The van der Waals surface area contributed by atoms with Crippen LogP contribution >= 0.6 is 0 Å². The molecule has 0 aliphatic carbocycles. The number of rotatable bonds is 4. The van der Waals surface area contributed by atoms with Crippen molar-refractivity contribution in [1.82, 2.24) is 10.2 Å². The van der Waals surface area contributed by atoms with E-state index in [9.17, 15) is 9.59 Å². The highest BCUT2D eigenvalue weighted by Crippen LogP contribution is 2.04. The summed E-state index contributed by atoms with van der Waals surface area (Å²) in [7, 11) is 1.69. The molecule has 1 unspecified atom stereocenters. The number of carbonyl (C=O) groups is 2. The van der Waals surface area contributed by atoms with Gasteiger partial charge in [0.1, 0.15) is 6.04 Å². The van der Waals surface area contributed by atoms with Crippen LogP contribution in [0.3, 0.4) is 0 Å². The van der Waals surface area contributed by atoms with Gasteiger partial charge in [0.05, 0.1) is 11.6 Å². The molecule has 100 valence electrons. The van der Waals surface area contributed by atoms with Crippen LogP contribution in [0.5, 0.6) is 0 Å². The molecule has 1 N–H and O–H groups in total. The fourth-order valence-electron chi connectivity index (χ4n) is 1.52. The SMILES string of the molecule is CCN(C)C(=O)C(C)NC(=O)c1ccc(C#N)cc1. The van der Waals surface area contributed by atoms with Gasteiger partial charge in [0.25, 0.3) is 5.91 Å². The van der Waals surface area contributed by atoms with Gasteiger partial charge in [0.15, 0.2) is 0 Å². The first kappa shape index (κ1) is 14.7. The molecule has 1 aromatic carbocycles. The summed E-state index contributed by atoms with van der Waals surface area (Å²) in [6, 6.07) is 7.67. The standard InChI is InChI=1S/C14H17N3O2/c1-4-17(3)14(19)10(2)16-13(18)12-7-5-11(9-15)6-8-12/h5-8,10H,4H2,1-3H3,(H,16,18). The number of hydrogen-bond donors (Lipinski definition) is 1. The minimum absolute atomic E-state index is 0.135. The Labute approximate surface area is 112 Å². The Bertz CT molecular complexity index is 502. The lowest BCUT2D eigenvalue weighted by molar-refractivity contribution is -0.131. The fourth-order valence-corrected chi connectivity index (χ4v) is 1.52. The summed E-state index contributed by atoms with van der Waals surface area (Å²) in [5.41, 5.74) is 0.921. The number of benzene rings is 1. The third kappa shape index (κ3) is 3.81. The van der Waals surface area contributed by atoms with Crippen molar-refractivity contribution >= 4 is 11.8 Å². The van der Waals surface area contributed by atoms with Gasteiger partial charge in [0, 0.05) is 19.2 Å². The summed E-state index contributed by atoms with van der Waals surface area (Å²) in [6.07, 6.45) is 0. The Morgan fingerprint density at radius 2 is 1.95 bits per heavy atom. The quantitative estimate of drug-likeness (QED) is 0.881. The van der Waals surface area contributed by atoms with Crippen LogP contribution < -0.4 is 5.32 Å². The van der Waals surface area contributed by atoms with E-state index >= 15 is 0 Å². The third-order valence-electron chi connectivity index (χ3n) is 2.84. The summed E-state index contributed by atoms with van der Waals surface area (Å²) in [5, 5.41) is 11.3. The lowest BCUT2D eigenvalue weighted by atomic mass is 10.1. The van der Waals surface area contributed by atoms with Gasteiger partial charge in [-0.1, -0.05) is 0 Å². The van der Waals surface area contributed by atoms with Gasteiger partial charge in [-0.25, -0.2) is 0 Å². The van der Waals surface area contributed by atoms with Crippen LogP contribution in [-0.4, -0.2) is 36.3 Å². The summed E-state index contributed by atoms with van der Waals surface area (Å²) in [4.78, 5) is 25.3. The average molecular weight is 259 g/mol. The molecule has 1 aromatic rings. The van der Waals surface area contributed by atoms with E-state index in [1.54, 1.807) is 43.1 Å². The third-order valence-corrected chi connectivity index (χ3v) is 2.84. The molecule has 5 nitrogen and oxygen atoms in total. The summed E-state index contributed by atoms with van der Waals surface area (Å²) >= 11 is 0. The maximum atomic E-state index is 11.9. The zero-order valence-electron chi connectivity index (χ0n) is 11.3. The van der Waals surface area contributed by atoms with Gasteiger partial charge >= 0.3 is 0 Å². The zero-order valence-corrected chi connectivity index (χ0v) is 11.3. The molecule has 5 heteroatoms. The van der Waals surface area contributed by atoms with Crippen LogP contribution in [0.15, 0.2) is 24.3 Å². The minimum atomic E-state index is -0.576. The first-order valence-electron chi connectivity index (χ1n) is 6.05. The average Bonchev–Trinajstić information content (AvgIpc) is 2.45. The monoisotopic (exact) mass is 259 g/mol. The van der Waals surface area contributed by atoms with Gasteiger partial charge in [-0.3, -0.25) is 9.59 Å². The maximum absolute atomic E-state index is 11.9. The van der Waals surface area contributed by atoms with Gasteiger partial charge in [-0.2, -0.15) is 5.26 Å². The topological polar surface area (TPSA) is 73.2 Å². The number of nitrogens with zero attached hydrogens (tertiary/aromatic N) is 2. The second-order valence-electron chi connectivity index (χ2n) is 4.24. The van der Waals surface area contributed by atoms with Crippen molar-refractivity contribution in [3.8, 4) is 6.07 Å². The lowest BCUT2D eigenvalue weighted by Gasteiger charge is -2.20. The molecule has 0 fully saturated rings. The first-order chi connectivity index (χ1) is 8.99. The van der Waals surface area contributed by atoms with Gasteiger partial charge < -0.3 is 10.2 Å². The van der Waals surface area contributed by atoms with Crippen molar-refractivity contribution in [3.63, 3.8) is 0 Å². The Morgan fingerprint density at radius 3 is 2.42 bits per heavy atom. The number of amides is 2. The molecule has 0 saturated heterocycles. The van der Waals surface area contributed by atoms with Crippen molar-refractivity contribution in [3.05, 3.63) is 35.4 Å². The van der Waals surface area contributed by atoms with Crippen molar-refractivity contribution in [2.45, 2.75) is 19.9 Å². The molecule has 1 atom stereocenters. The van der Waals surface area contributed by atoms with E-state index in [0.29, 0.717) is 17.7 Å². The Morgan fingerprint density at radius 1 is 1.37 bits per heavy atom. The Balaban J connectivity index is 2.69. The molecule has 0 radical (unpaired) electrons. The van der Waals surface area contributed by atoms with Crippen LogP contribution in [0, 0.1) is 11.3 Å². The van der Waals surface area contributed by atoms with Crippen LogP contribution in [0.1, 0.15) is 29.8 Å². The summed E-state index contributed by atoms with van der Waals surface area (Å²) in [6.45, 7) is 4.11. The first-order valence-corrected chi connectivity index (χ1v) is 6.05. The number of nitriles is 1. The Hall–Kier alpha value is -2.35. The second kappa shape index (κ2) is 6.55. The highest BCUT2D eigenvalue weighted by atomic mass is 16.2. The van der Waals surface area contributed by atoms with E-state index in [2.05, 4.69) is 5.32 Å². The minimum Gasteiger partial charge on any atom is -0.344 e. The van der Waals surface area contributed by atoms with Crippen molar-refractivity contribution in [2.24, 2.45) is 0 Å². The largest absolute Gasteiger partial charge is 0.344 e. The molecular weight excluding hydrogens is 242 g/mol. The normalized spacial score (nSPS) is 11.3. The molecule has 0 saturated carbocycles. The summed E-state index contributed by atoms with van der Waals surface area (Å²) < 4.78 is 0. The highest BCUT2D eigenvalue weighted by Gasteiger charge is 2.18. The zero-order chi connectivity index (χ0) is 14.4. The van der Waals surface area contributed by atoms with E-state index in [1.807, 2.05) is 13.0 Å². The summed E-state index contributed by atoms with van der Waals surface area (Å²) in [5.74, 6) is -0.459. The number of carbonyl (C=O) groups excluding carboxylic acids is 2. The van der Waals surface area contributed by atoms with Crippen LogP contribution in [0.25, 0.3) is 0 Å². The van der Waals surface area contributed by atoms with E-state index in [0.717, 1.165) is 0 Å². The smallest absolute Gasteiger partial charge is 0.251 e. The van der Waals surface area contributed by atoms with Crippen LogP contribution in [0.2, 0.25) is 0 Å². The van der Waals surface area contributed by atoms with Gasteiger partial charge in [0.2, 0.25) is 5.91 Å². The molecule has 1 rings (SSSR count). The molecule has 0 aliphatic rings. The molecular formula is C14H17N3O2. The van der Waals surface area contributed by atoms with Gasteiger partial charge in [-0.05, 0) is 38.1 Å². The van der Waals surface area contributed by atoms with Crippen LogP contribution in [0.4, 0.5) is 0 Å². The number of likely N-dealkylation sites (N-methyl/N-ethyl adjacent to an activating group) is 1. The van der Waals surface area contributed by atoms with E-state index in [1.165, 1.54) is 0 Å². The number of nitrogens with one attached hydrogen (secondary N) is 1. The number of hydrogen-bond acceptors (Lipinski definition) is 3. The van der Waals surface area contributed by atoms with E-state index in [-0.39, 0.29) is 11.8 Å². The Kier molecular flexibility index (Phi) is 5.07.